The third kappa shape index (κ3) is 15.1. The zero-order valence-corrected chi connectivity index (χ0v) is 31.5. The molecule has 5 amide bonds. The van der Waals surface area contributed by atoms with Gasteiger partial charge in [0.25, 0.3) is 0 Å². The average Bonchev–Trinajstić information content (AvgIpc) is 3.15. The molecule has 1 heterocycles. The van der Waals surface area contributed by atoms with Crippen molar-refractivity contribution in [3.63, 3.8) is 0 Å². The van der Waals surface area contributed by atoms with E-state index in [1.54, 1.807) is 42.1 Å². The van der Waals surface area contributed by atoms with Gasteiger partial charge < -0.3 is 41.2 Å². The molecular weight excluding hydrogens is 699 g/mol. The molecule has 0 radical (unpaired) electrons. The Bertz CT molecular complexity index is 1520. The van der Waals surface area contributed by atoms with Crippen LogP contribution in [0.1, 0.15) is 43.7 Å². The molecule has 6 atom stereocenters. The number of phenols is 1. The van der Waals surface area contributed by atoms with Crippen molar-refractivity contribution in [3.8, 4) is 5.75 Å². The van der Waals surface area contributed by atoms with Gasteiger partial charge >= 0.3 is 0 Å². The minimum absolute atomic E-state index is 0.0697. The van der Waals surface area contributed by atoms with Crippen LogP contribution in [0.2, 0.25) is 0 Å². The summed E-state index contributed by atoms with van der Waals surface area (Å²) in [6.07, 6.45) is 7.23. The number of hydrogen-bond acceptors (Lipinski definition) is 9. The van der Waals surface area contributed by atoms with Gasteiger partial charge in [0.2, 0.25) is 29.5 Å². The number of nitrogens with one attached hydrogen (secondary N) is 5. The molecule has 3 rings (SSSR count). The topological polar surface area (TPSA) is 184 Å². The zero-order valence-electron chi connectivity index (χ0n) is 30.7. The summed E-state index contributed by atoms with van der Waals surface area (Å²) in [5.74, 6) is -1.63. The van der Waals surface area contributed by atoms with E-state index in [0.29, 0.717) is 18.6 Å². The second-order valence-electron chi connectivity index (χ2n) is 12.7. The van der Waals surface area contributed by atoms with Crippen molar-refractivity contribution >= 4 is 41.3 Å². The van der Waals surface area contributed by atoms with Crippen LogP contribution in [0.15, 0.2) is 79.4 Å². The minimum atomic E-state index is -0.956. The molecule has 2 aromatic rings. The van der Waals surface area contributed by atoms with Crippen molar-refractivity contribution in [2.75, 3.05) is 32.2 Å². The van der Waals surface area contributed by atoms with E-state index in [1.807, 2.05) is 43.5 Å². The van der Waals surface area contributed by atoms with Crippen LogP contribution >= 0.6 is 11.8 Å². The number of phenolic OH excluding ortho intramolecular Hbond substituents is 1. The number of amides is 5. The number of hydrogen-bond donors (Lipinski definition) is 6. The second kappa shape index (κ2) is 23.1. The molecule has 2 aromatic carbocycles. The predicted octanol–water partition coefficient (Wildman–Crippen LogP) is 2.54. The number of aromatic hydroxyl groups is 1. The first-order valence-corrected chi connectivity index (χ1v) is 19.2. The number of likely N-dealkylation sites (N-methyl/N-ethyl adjacent to an activating group) is 1. The Labute approximate surface area is 316 Å². The molecule has 13 nitrogen and oxygen atoms in total. The highest BCUT2D eigenvalue weighted by Crippen LogP contribution is 2.23. The maximum atomic E-state index is 13.5. The Morgan fingerprint density at radius 2 is 1.55 bits per heavy atom. The van der Waals surface area contributed by atoms with Gasteiger partial charge in [0.05, 0.1) is 12.7 Å². The molecule has 53 heavy (non-hydrogen) atoms. The van der Waals surface area contributed by atoms with Crippen LogP contribution < -0.4 is 26.6 Å². The quantitative estimate of drug-likeness (QED) is 0.0985. The number of carbonyl (C=O) groups excluding carboxylic acids is 5. The van der Waals surface area contributed by atoms with Crippen LogP contribution in [-0.4, -0.2) is 97.4 Å². The summed E-state index contributed by atoms with van der Waals surface area (Å²) >= 11 is 1.56. The Morgan fingerprint density at radius 3 is 2.19 bits per heavy atom. The predicted molar refractivity (Wildman–Crippen MR) is 205 cm³/mol. The standard InChI is InChI=1S/C39H53N5O8S/c1-5-10-34(46)42-32(23-27-13-16-29(45)17-14-27)37(49)41-25-30-18-15-28(39(52-30)51-20-6-2)24-35(47)43-33(22-26-11-8-7-9-12-26)38(50)44-31(19-21-53-4)36(48)40-3/h6-9,11-18,28,30-33,39,45H,2,5,10,19-25H2,1,3-4H3,(H,40,48)(H,41,49)(H,42,46)(H,43,47)(H,44,50)/t28-,30+,31+,32-,33+,39+/m1/s1. The van der Waals surface area contributed by atoms with Gasteiger partial charge in [-0.2, -0.15) is 11.8 Å². The molecule has 0 fully saturated rings. The maximum Gasteiger partial charge on any atom is 0.243 e. The summed E-state index contributed by atoms with van der Waals surface area (Å²) in [5, 5.41) is 23.6. The average molecular weight is 752 g/mol. The van der Waals surface area contributed by atoms with Crippen LogP contribution in [-0.2, 0) is 46.3 Å². The van der Waals surface area contributed by atoms with Crippen molar-refractivity contribution in [1.29, 1.82) is 0 Å². The van der Waals surface area contributed by atoms with Gasteiger partial charge in [0.1, 0.15) is 23.9 Å². The first kappa shape index (κ1) is 42.8. The van der Waals surface area contributed by atoms with Crippen LogP contribution in [0, 0.1) is 5.92 Å². The molecule has 0 saturated heterocycles. The van der Waals surface area contributed by atoms with E-state index >= 15 is 0 Å². The van der Waals surface area contributed by atoms with E-state index in [9.17, 15) is 29.1 Å². The normalized spacial score (nSPS) is 18.1. The third-order valence-corrected chi connectivity index (χ3v) is 9.08. The highest BCUT2D eigenvalue weighted by molar-refractivity contribution is 7.98. The van der Waals surface area contributed by atoms with Gasteiger partial charge in [-0.3, -0.25) is 24.0 Å². The van der Waals surface area contributed by atoms with Crippen LogP contribution in [0.25, 0.3) is 0 Å². The van der Waals surface area contributed by atoms with Gasteiger partial charge in [0.15, 0.2) is 6.29 Å². The van der Waals surface area contributed by atoms with E-state index in [0.717, 1.165) is 11.1 Å². The lowest BCUT2D eigenvalue weighted by Gasteiger charge is -2.32. The van der Waals surface area contributed by atoms with Crippen molar-refractivity contribution in [1.82, 2.24) is 26.6 Å². The van der Waals surface area contributed by atoms with Crippen molar-refractivity contribution in [2.24, 2.45) is 5.92 Å². The molecule has 0 aliphatic carbocycles. The highest BCUT2D eigenvalue weighted by Gasteiger charge is 2.32. The first-order chi connectivity index (χ1) is 25.6. The summed E-state index contributed by atoms with van der Waals surface area (Å²) in [7, 11) is 1.51. The summed E-state index contributed by atoms with van der Waals surface area (Å²) in [6.45, 7) is 5.80. The summed E-state index contributed by atoms with van der Waals surface area (Å²) in [5.41, 5.74) is 1.60. The number of thioether (sulfide) groups is 1. The lowest BCUT2D eigenvalue weighted by Crippen LogP contribution is -2.54. The molecule has 0 unspecified atom stereocenters. The Hall–Kier alpha value is -4.66. The largest absolute Gasteiger partial charge is 0.508 e. The minimum Gasteiger partial charge on any atom is -0.508 e. The summed E-state index contributed by atoms with van der Waals surface area (Å²) < 4.78 is 12.1. The van der Waals surface area contributed by atoms with Gasteiger partial charge in [-0.1, -0.05) is 67.6 Å². The van der Waals surface area contributed by atoms with Gasteiger partial charge in [-0.25, -0.2) is 0 Å². The van der Waals surface area contributed by atoms with Gasteiger partial charge in [0, 0.05) is 45.2 Å². The van der Waals surface area contributed by atoms with E-state index < -0.39 is 54.2 Å². The molecule has 1 aliphatic heterocycles. The molecule has 288 valence electrons. The summed E-state index contributed by atoms with van der Waals surface area (Å²) in [4.78, 5) is 65.3. The fourth-order valence-electron chi connectivity index (χ4n) is 5.65. The second-order valence-corrected chi connectivity index (χ2v) is 13.7. The number of benzene rings is 2. The fraction of sp³-hybridized carbons (Fsp3) is 0.462. The van der Waals surface area contributed by atoms with E-state index in [-0.39, 0.29) is 56.4 Å². The van der Waals surface area contributed by atoms with Gasteiger partial charge in [-0.15, -0.1) is 6.58 Å². The lowest BCUT2D eigenvalue weighted by atomic mass is 9.99. The van der Waals surface area contributed by atoms with E-state index in [1.165, 1.54) is 19.2 Å². The van der Waals surface area contributed by atoms with E-state index in [2.05, 4.69) is 33.2 Å². The smallest absolute Gasteiger partial charge is 0.243 e. The Balaban J connectivity index is 1.69. The number of carbonyl (C=O) groups is 5. The SMILES string of the molecule is C=CCO[C@H]1O[C@H](CNC(=O)[C@@H](Cc2ccc(O)cc2)NC(=O)CCC)C=C[C@@H]1CC(=O)N[C@@H](Cc1ccccc1)C(=O)N[C@@H](CCSC)C(=O)NC. The molecule has 14 heteroatoms. The molecule has 0 aromatic heterocycles. The van der Waals surface area contributed by atoms with Crippen molar-refractivity contribution in [2.45, 2.75) is 76.0 Å². The lowest BCUT2D eigenvalue weighted by molar-refractivity contribution is -0.182. The zero-order chi connectivity index (χ0) is 38.6. The van der Waals surface area contributed by atoms with Crippen LogP contribution in [0.3, 0.4) is 0 Å². The Kier molecular flexibility index (Phi) is 18.6. The molecule has 0 bridgehead atoms. The molecule has 1 aliphatic rings. The fourth-order valence-corrected chi connectivity index (χ4v) is 6.13. The highest BCUT2D eigenvalue weighted by atomic mass is 32.2. The van der Waals surface area contributed by atoms with Crippen LogP contribution in [0.4, 0.5) is 0 Å². The number of rotatable bonds is 22. The first-order valence-electron chi connectivity index (χ1n) is 17.8. The molecular formula is C39H53N5O8S. The monoisotopic (exact) mass is 751 g/mol. The summed E-state index contributed by atoms with van der Waals surface area (Å²) in [6, 6.07) is 13.1. The molecule has 0 spiro atoms. The van der Waals surface area contributed by atoms with Crippen LogP contribution in [0.5, 0.6) is 5.75 Å². The maximum absolute atomic E-state index is 13.5. The third-order valence-electron chi connectivity index (χ3n) is 8.44. The van der Waals surface area contributed by atoms with Gasteiger partial charge in [-0.05, 0) is 48.1 Å². The van der Waals surface area contributed by atoms with Crippen molar-refractivity contribution < 1.29 is 38.6 Å². The van der Waals surface area contributed by atoms with Crippen molar-refractivity contribution in [3.05, 3.63) is 90.5 Å². The molecule has 6 N–H and O–H groups in total. The Morgan fingerprint density at radius 1 is 0.887 bits per heavy atom. The molecule has 0 saturated carbocycles. The van der Waals surface area contributed by atoms with E-state index in [4.69, 9.17) is 9.47 Å². The number of ether oxygens (including phenoxy) is 2.